The highest BCUT2D eigenvalue weighted by molar-refractivity contribution is 8.01. The number of thioether (sulfide) groups is 1. The van der Waals surface area contributed by atoms with Crippen molar-refractivity contribution in [1.29, 1.82) is 0 Å². The standard InChI is InChI=1S/C15H20N2O3S/c1-19-8-14(18)17-10-15(11-17)6-13(9-21-15)20-7-12-2-4-16-5-3-12/h2-5,13H,6-11H2,1H3. The summed E-state index contributed by atoms with van der Waals surface area (Å²) >= 11 is 1.94. The van der Waals surface area contributed by atoms with Crippen molar-refractivity contribution in [1.82, 2.24) is 9.88 Å². The van der Waals surface area contributed by atoms with Gasteiger partial charge in [-0.2, -0.15) is 0 Å². The van der Waals surface area contributed by atoms with Crippen LogP contribution in [0.25, 0.3) is 0 Å². The minimum atomic E-state index is 0.0879. The molecule has 1 atom stereocenters. The highest BCUT2D eigenvalue weighted by Crippen LogP contribution is 2.46. The van der Waals surface area contributed by atoms with E-state index in [-0.39, 0.29) is 23.4 Å². The Kier molecular flexibility index (Phi) is 4.47. The number of aromatic nitrogens is 1. The van der Waals surface area contributed by atoms with Crippen LogP contribution in [0, 0.1) is 0 Å². The lowest BCUT2D eigenvalue weighted by Crippen LogP contribution is -2.61. The quantitative estimate of drug-likeness (QED) is 0.821. The van der Waals surface area contributed by atoms with Crippen LogP contribution in [0.5, 0.6) is 0 Å². The molecular formula is C15H20N2O3S. The summed E-state index contributed by atoms with van der Waals surface area (Å²) in [4.78, 5) is 17.6. The molecule has 0 aliphatic carbocycles. The molecule has 2 saturated heterocycles. The number of ether oxygens (including phenoxy) is 2. The maximum atomic E-state index is 11.7. The predicted molar refractivity (Wildman–Crippen MR) is 81.1 cm³/mol. The van der Waals surface area contributed by atoms with Crippen LogP contribution in [0.4, 0.5) is 0 Å². The second kappa shape index (κ2) is 6.34. The van der Waals surface area contributed by atoms with Gasteiger partial charge in [-0.25, -0.2) is 0 Å². The van der Waals surface area contributed by atoms with Crippen molar-refractivity contribution >= 4 is 17.7 Å². The van der Waals surface area contributed by atoms with Gasteiger partial charge in [-0.05, 0) is 24.1 Å². The molecule has 114 valence electrons. The second-order valence-electron chi connectivity index (χ2n) is 5.67. The van der Waals surface area contributed by atoms with Crippen molar-refractivity contribution in [3.05, 3.63) is 30.1 Å². The normalized spacial score (nSPS) is 23.3. The van der Waals surface area contributed by atoms with Crippen LogP contribution in [0.1, 0.15) is 12.0 Å². The molecule has 0 radical (unpaired) electrons. The molecule has 21 heavy (non-hydrogen) atoms. The zero-order valence-corrected chi connectivity index (χ0v) is 13.0. The van der Waals surface area contributed by atoms with Crippen LogP contribution in [-0.4, -0.2) is 59.2 Å². The highest BCUT2D eigenvalue weighted by atomic mass is 32.2. The van der Waals surface area contributed by atoms with E-state index in [1.807, 2.05) is 28.8 Å². The molecule has 1 spiro atoms. The third-order valence-electron chi connectivity index (χ3n) is 3.99. The Morgan fingerprint density at radius 3 is 2.95 bits per heavy atom. The number of nitrogens with zero attached hydrogens (tertiary/aromatic N) is 2. The molecule has 2 aliphatic rings. The molecule has 3 rings (SSSR count). The number of pyridine rings is 1. The fraction of sp³-hybridized carbons (Fsp3) is 0.600. The highest BCUT2D eigenvalue weighted by Gasteiger charge is 2.50. The first kappa shape index (κ1) is 14.8. The van der Waals surface area contributed by atoms with Crippen molar-refractivity contribution in [3.63, 3.8) is 0 Å². The maximum absolute atomic E-state index is 11.7. The first-order chi connectivity index (χ1) is 10.2. The average molecular weight is 308 g/mol. The topological polar surface area (TPSA) is 51.7 Å². The fourth-order valence-corrected chi connectivity index (χ4v) is 4.41. The van der Waals surface area contributed by atoms with Gasteiger partial charge in [0.05, 0.1) is 17.5 Å². The third-order valence-corrected chi connectivity index (χ3v) is 5.56. The number of carbonyl (C=O) groups excluding carboxylic acids is 1. The molecule has 1 amide bonds. The van der Waals surface area contributed by atoms with E-state index in [0.717, 1.165) is 30.8 Å². The number of likely N-dealkylation sites (tertiary alicyclic amines) is 1. The van der Waals surface area contributed by atoms with Crippen LogP contribution in [0.2, 0.25) is 0 Å². The van der Waals surface area contributed by atoms with E-state index < -0.39 is 0 Å². The molecular weight excluding hydrogens is 288 g/mol. The van der Waals surface area contributed by atoms with Crippen molar-refractivity contribution < 1.29 is 14.3 Å². The van der Waals surface area contributed by atoms with Gasteiger partial charge >= 0.3 is 0 Å². The SMILES string of the molecule is COCC(=O)N1CC2(CC(OCc3ccncc3)CS2)C1. The summed E-state index contributed by atoms with van der Waals surface area (Å²) in [6, 6.07) is 3.96. The Hall–Kier alpha value is -1.11. The van der Waals surface area contributed by atoms with Gasteiger partial charge in [0, 0.05) is 38.3 Å². The van der Waals surface area contributed by atoms with Gasteiger partial charge in [0.15, 0.2) is 0 Å². The zero-order chi connectivity index (χ0) is 14.7. The van der Waals surface area contributed by atoms with Crippen LogP contribution in [0.3, 0.4) is 0 Å². The van der Waals surface area contributed by atoms with E-state index in [1.54, 1.807) is 19.5 Å². The van der Waals surface area contributed by atoms with E-state index in [1.165, 1.54) is 0 Å². The smallest absolute Gasteiger partial charge is 0.248 e. The van der Waals surface area contributed by atoms with Crippen LogP contribution in [0.15, 0.2) is 24.5 Å². The summed E-state index contributed by atoms with van der Waals surface area (Å²) in [5, 5.41) is 0. The summed E-state index contributed by atoms with van der Waals surface area (Å²) in [6.07, 6.45) is 4.88. The molecule has 1 aromatic rings. The lowest BCUT2D eigenvalue weighted by molar-refractivity contribution is -0.140. The Morgan fingerprint density at radius 1 is 1.48 bits per heavy atom. The van der Waals surface area contributed by atoms with Crippen molar-refractivity contribution in [3.8, 4) is 0 Å². The number of hydrogen-bond acceptors (Lipinski definition) is 5. The van der Waals surface area contributed by atoms with Gasteiger partial charge in [-0.3, -0.25) is 9.78 Å². The fourth-order valence-electron chi connectivity index (χ4n) is 2.86. The van der Waals surface area contributed by atoms with E-state index >= 15 is 0 Å². The van der Waals surface area contributed by atoms with Gasteiger partial charge in [0.1, 0.15) is 6.61 Å². The first-order valence-electron chi connectivity index (χ1n) is 7.12. The van der Waals surface area contributed by atoms with Crippen LogP contribution in [-0.2, 0) is 20.9 Å². The Bertz CT molecular complexity index is 491. The second-order valence-corrected chi connectivity index (χ2v) is 7.16. The lowest BCUT2D eigenvalue weighted by atomic mass is 9.93. The van der Waals surface area contributed by atoms with Crippen LogP contribution >= 0.6 is 11.8 Å². The molecule has 0 bridgehead atoms. The van der Waals surface area contributed by atoms with Gasteiger partial charge < -0.3 is 14.4 Å². The predicted octanol–water partition coefficient (Wildman–Crippen LogP) is 1.33. The summed E-state index contributed by atoms with van der Waals surface area (Å²) in [7, 11) is 1.56. The first-order valence-corrected chi connectivity index (χ1v) is 8.10. The minimum absolute atomic E-state index is 0.0879. The van der Waals surface area contributed by atoms with Gasteiger partial charge in [-0.1, -0.05) is 0 Å². The largest absolute Gasteiger partial charge is 0.375 e. The van der Waals surface area contributed by atoms with Gasteiger partial charge in [0.25, 0.3) is 0 Å². The Balaban J connectivity index is 1.43. The summed E-state index contributed by atoms with van der Waals surface area (Å²) in [5.41, 5.74) is 1.15. The summed E-state index contributed by atoms with van der Waals surface area (Å²) in [5.74, 6) is 1.10. The molecule has 0 aromatic carbocycles. The minimum Gasteiger partial charge on any atom is -0.375 e. The number of amides is 1. The van der Waals surface area contributed by atoms with E-state index in [0.29, 0.717) is 6.61 Å². The number of rotatable bonds is 5. The van der Waals surface area contributed by atoms with Crippen LogP contribution < -0.4 is 0 Å². The van der Waals surface area contributed by atoms with Crippen molar-refractivity contribution in [2.24, 2.45) is 0 Å². The summed E-state index contributed by atoms with van der Waals surface area (Å²) < 4.78 is 11.1. The molecule has 6 heteroatoms. The Morgan fingerprint density at radius 2 is 2.24 bits per heavy atom. The third kappa shape index (κ3) is 3.39. The van der Waals surface area contributed by atoms with Crippen molar-refractivity contribution in [2.75, 3.05) is 32.6 Å². The molecule has 5 nitrogen and oxygen atoms in total. The molecule has 3 heterocycles. The number of carbonyl (C=O) groups is 1. The van der Waals surface area contributed by atoms with E-state index in [4.69, 9.17) is 9.47 Å². The Labute approximate surface area is 129 Å². The van der Waals surface area contributed by atoms with Gasteiger partial charge in [-0.15, -0.1) is 11.8 Å². The molecule has 0 N–H and O–H groups in total. The monoisotopic (exact) mass is 308 g/mol. The zero-order valence-electron chi connectivity index (χ0n) is 12.2. The molecule has 1 unspecified atom stereocenters. The average Bonchev–Trinajstić information content (AvgIpc) is 2.89. The van der Waals surface area contributed by atoms with Crippen molar-refractivity contribution in [2.45, 2.75) is 23.9 Å². The molecule has 2 aliphatic heterocycles. The maximum Gasteiger partial charge on any atom is 0.248 e. The molecule has 1 aromatic heterocycles. The van der Waals surface area contributed by atoms with E-state index in [9.17, 15) is 4.79 Å². The van der Waals surface area contributed by atoms with Gasteiger partial charge in [0.2, 0.25) is 5.91 Å². The summed E-state index contributed by atoms with van der Waals surface area (Å²) in [6.45, 7) is 2.48. The lowest BCUT2D eigenvalue weighted by Gasteiger charge is -2.47. The molecule has 0 saturated carbocycles. The van der Waals surface area contributed by atoms with E-state index in [2.05, 4.69) is 4.98 Å². The molecule has 2 fully saturated rings. The number of hydrogen-bond donors (Lipinski definition) is 0. The number of methoxy groups -OCH3 is 1.